The zero-order valence-corrected chi connectivity index (χ0v) is 9.50. The first kappa shape index (κ1) is 11.8. The molecule has 0 aromatic rings. The highest BCUT2D eigenvalue weighted by atomic mass is 32.1. The second-order valence-corrected chi connectivity index (χ2v) is 3.89. The summed E-state index contributed by atoms with van der Waals surface area (Å²) in [6.07, 6.45) is 5.51. The van der Waals surface area contributed by atoms with Crippen molar-refractivity contribution in [3.05, 3.63) is 35.1 Å². The van der Waals surface area contributed by atoms with Crippen molar-refractivity contribution in [3.8, 4) is 0 Å². The van der Waals surface area contributed by atoms with Crippen LogP contribution in [-0.2, 0) is 17.2 Å². The molecular formula is C10H13N2O2S. The molecule has 1 amide bonds. The van der Waals surface area contributed by atoms with Gasteiger partial charge in [-0.05, 0) is 26.3 Å². The first-order valence-corrected chi connectivity index (χ1v) is 5.07. The van der Waals surface area contributed by atoms with Crippen molar-refractivity contribution < 1.29 is 8.90 Å². The fourth-order valence-corrected chi connectivity index (χ4v) is 1.34. The van der Waals surface area contributed by atoms with Gasteiger partial charge < -0.3 is 10.5 Å². The molecule has 0 aromatic carbocycles. The maximum absolute atomic E-state index is 11.6. The van der Waals surface area contributed by atoms with Crippen molar-refractivity contribution in [2.45, 2.75) is 26.3 Å². The van der Waals surface area contributed by atoms with E-state index >= 15 is 0 Å². The van der Waals surface area contributed by atoms with Crippen LogP contribution in [0, 0.1) is 11.6 Å². The van der Waals surface area contributed by atoms with Crippen LogP contribution in [-0.4, -0.2) is 16.1 Å². The third-order valence-electron chi connectivity index (χ3n) is 1.86. The normalized spacial score (nSPS) is 15.7. The van der Waals surface area contributed by atoms with Crippen LogP contribution in [0.5, 0.6) is 0 Å². The van der Waals surface area contributed by atoms with E-state index < -0.39 is 0 Å². The van der Waals surface area contributed by atoms with Crippen molar-refractivity contribution in [3.63, 3.8) is 0 Å². The van der Waals surface area contributed by atoms with Crippen LogP contribution in [0.2, 0.25) is 0 Å². The minimum atomic E-state index is -0.174. The fourth-order valence-electron chi connectivity index (χ4n) is 1.21. The van der Waals surface area contributed by atoms with E-state index in [-0.39, 0.29) is 11.9 Å². The molecule has 0 spiro atoms. The maximum atomic E-state index is 11.6. The van der Waals surface area contributed by atoms with Gasteiger partial charge in [-0.15, -0.1) is 0 Å². The van der Waals surface area contributed by atoms with E-state index in [0.717, 1.165) is 0 Å². The molecule has 15 heavy (non-hydrogen) atoms. The summed E-state index contributed by atoms with van der Waals surface area (Å²) in [4.78, 5) is 11.6. The van der Waals surface area contributed by atoms with E-state index in [0.29, 0.717) is 21.8 Å². The third-order valence-corrected chi connectivity index (χ3v) is 2.07. The zero-order chi connectivity index (χ0) is 11.4. The number of allylic oxidation sites excluding steroid dienone is 2. The summed E-state index contributed by atoms with van der Waals surface area (Å²) >= 11 is 4.45. The van der Waals surface area contributed by atoms with E-state index in [1.54, 1.807) is 12.5 Å². The van der Waals surface area contributed by atoms with Gasteiger partial charge >= 0.3 is 0 Å². The molecular weight excluding hydrogens is 212 g/mol. The predicted octanol–water partition coefficient (Wildman–Crippen LogP) is 1.17. The Morgan fingerprint density at radius 3 is 2.87 bits per heavy atom. The van der Waals surface area contributed by atoms with Crippen LogP contribution in [0.3, 0.4) is 0 Å². The van der Waals surface area contributed by atoms with Gasteiger partial charge in [-0.1, -0.05) is 4.11 Å². The van der Waals surface area contributed by atoms with E-state index in [9.17, 15) is 10.0 Å². The Kier molecular flexibility index (Phi) is 3.96. The Labute approximate surface area is 94.4 Å². The van der Waals surface area contributed by atoms with Gasteiger partial charge in [-0.25, -0.2) is 0 Å². The van der Waals surface area contributed by atoms with Crippen LogP contribution in [0.15, 0.2) is 23.4 Å². The highest BCUT2D eigenvalue weighted by Gasteiger charge is 2.17. The van der Waals surface area contributed by atoms with Gasteiger partial charge in [0.2, 0.25) is 11.6 Å². The van der Waals surface area contributed by atoms with Gasteiger partial charge in [0.05, 0.1) is 0 Å². The number of hydrogen-bond donors (Lipinski definition) is 1. The van der Waals surface area contributed by atoms with Crippen LogP contribution in [0.1, 0.15) is 20.3 Å². The van der Waals surface area contributed by atoms with E-state index in [1.807, 2.05) is 13.8 Å². The van der Waals surface area contributed by atoms with Gasteiger partial charge in [0.1, 0.15) is 0 Å². The van der Waals surface area contributed by atoms with Crippen molar-refractivity contribution in [1.82, 2.24) is 5.32 Å². The van der Waals surface area contributed by atoms with Gasteiger partial charge in [0.25, 0.3) is 12.4 Å². The Balaban J connectivity index is 2.75. The molecule has 0 fully saturated rings. The number of hydroxylamine groups is 1. The number of carbonyl (C=O) groups is 1. The summed E-state index contributed by atoms with van der Waals surface area (Å²) in [6.45, 7) is 3.76. The Morgan fingerprint density at radius 1 is 1.67 bits per heavy atom. The van der Waals surface area contributed by atoms with Gasteiger partial charge in [-0.3, -0.25) is 4.79 Å². The molecule has 0 unspecified atom stereocenters. The molecule has 4 nitrogen and oxygen atoms in total. The lowest BCUT2D eigenvalue weighted by molar-refractivity contribution is -0.361. The van der Waals surface area contributed by atoms with E-state index in [4.69, 9.17) is 0 Å². The highest BCUT2D eigenvalue weighted by Crippen LogP contribution is 2.16. The van der Waals surface area contributed by atoms with Crippen molar-refractivity contribution in [1.29, 1.82) is 0 Å². The van der Waals surface area contributed by atoms with Gasteiger partial charge in [0.15, 0.2) is 0 Å². The average molecular weight is 225 g/mol. The number of rotatable bonds is 3. The summed E-state index contributed by atoms with van der Waals surface area (Å²) < 4.78 is 0.343. The van der Waals surface area contributed by atoms with Crippen molar-refractivity contribution >= 4 is 18.3 Å². The molecule has 1 aliphatic rings. The lowest BCUT2D eigenvalue weighted by Gasteiger charge is -2.13. The zero-order valence-electron chi connectivity index (χ0n) is 8.69. The Morgan fingerprint density at radius 2 is 2.33 bits per heavy atom. The molecule has 0 saturated heterocycles. The highest BCUT2D eigenvalue weighted by molar-refractivity contribution is 7.44. The number of amides is 1. The average Bonchev–Trinajstić information content (AvgIpc) is 2.17. The van der Waals surface area contributed by atoms with Gasteiger partial charge in [-0.2, -0.15) is 0 Å². The Bertz CT molecular complexity index is 345. The molecule has 1 aliphatic carbocycles. The predicted molar refractivity (Wildman–Crippen MR) is 59.4 cm³/mol. The fraction of sp³-hybridized carbons (Fsp3) is 0.400. The summed E-state index contributed by atoms with van der Waals surface area (Å²) in [5.74, 6) is -0.174. The molecule has 0 aliphatic heterocycles. The molecule has 0 atom stereocenters. The maximum Gasteiger partial charge on any atom is 0.284 e. The van der Waals surface area contributed by atoms with Crippen LogP contribution in [0.25, 0.3) is 0 Å². The molecule has 1 N–H and O–H groups in total. The summed E-state index contributed by atoms with van der Waals surface area (Å²) in [5, 5.41) is 13.6. The smallest absolute Gasteiger partial charge is 0.284 e. The number of nitrogens with one attached hydrogen (secondary N) is 1. The monoisotopic (exact) mass is 225 g/mol. The summed E-state index contributed by atoms with van der Waals surface area (Å²) in [5.41, 5.74) is 0.841. The van der Waals surface area contributed by atoms with E-state index in [2.05, 4.69) is 17.7 Å². The molecule has 0 heterocycles. The first-order valence-electron chi connectivity index (χ1n) is 4.71. The first-order chi connectivity index (χ1) is 7.00. The van der Waals surface area contributed by atoms with Gasteiger partial charge in [0, 0.05) is 24.1 Å². The second kappa shape index (κ2) is 5.02. The molecule has 1 rings (SSSR count). The van der Waals surface area contributed by atoms with Crippen LogP contribution >= 0.6 is 0 Å². The number of carbonyl (C=O) groups excluding carboxylic acids is 1. The largest absolute Gasteiger partial charge is 0.605 e. The SMILES string of the molecule is CC(C)NC(=O)C1=CC([N+]([O-])=S)=CC[CH]1. The number of nitrogens with zero attached hydrogens (tertiary/aromatic N) is 1. The molecule has 0 aromatic heterocycles. The Hall–Kier alpha value is -1.23. The minimum Gasteiger partial charge on any atom is -0.605 e. The molecule has 0 saturated carbocycles. The molecule has 0 bridgehead atoms. The van der Waals surface area contributed by atoms with Crippen molar-refractivity contribution in [2.24, 2.45) is 0 Å². The number of hydrogen-bond acceptors (Lipinski definition) is 3. The summed E-state index contributed by atoms with van der Waals surface area (Å²) in [7, 11) is 0. The van der Waals surface area contributed by atoms with E-state index in [1.165, 1.54) is 6.08 Å². The molecule has 1 radical (unpaired) electrons. The van der Waals surface area contributed by atoms with Crippen LogP contribution < -0.4 is 5.32 Å². The molecule has 5 heteroatoms. The quantitative estimate of drug-likeness (QED) is 0.579. The van der Waals surface area contributed by atoms with Crippen LogP contribution in [0.4, 0.5) is 0 Å². The molecule has 81 valence electrons. The lowest BCUT2D eigenvalue weighted by atomic mass is 10.0. The lowest BCUT2D eigenvalue weighted by Crippen LogP contribution is -2.32. The second-order valence-electron chi connectivity index (χ2n) is 3.55. The minimum absolute atomic E-state index is 0.0769. The summed E-state index contributed by atoms with van der Waals surface area (Å²) in [6, 6.07) is 0.0769. The third kappa shape index (κ3) is 3.43. The van der Waals surface area contributed by atoms with Crippen molar-refractivity contribution in [2.75, 3.05) is 0 Å². The standard InChI is InChI=1S/C10H13N2O2S/c1-7(2)11-10(13)8-4-3-5-9(6-8)12(14)15/h4-7H,3H2,1-2H3,(H,11,13). The topological polar surface area (TPSA) is 55.2 Å².